The Labute approximate surface area is 148 Å². The van der Waals surface area contributed by atoms with Crippen molar-refractivity contribution < 1.29 is 4.79 Å². The molecule has 3 fully saturated rings. The highest BCUT2D eigenvalue weighted by Crippen LogP contribution is 2.42. The Bertz CT molecular complexity index is 360. The van der Waals surface area contributed by atoms with E-state index in [1.54, 1.807) is 0 Å². The molecule has 0 radical (unpaired) electrons. The lowest BCUT2D eigenvalue weighted by atomic mass is 9.74. The van der Waals surface area contributed by atoms with Crippen molar-refractivity contribution in [2.45, 2.75) is 77.0 Å². The molecule has 1 spiro atoms. The molecule has 0 unspecified atom stereocenters. The molecular formula is C19H35ClN2O. The van der Waals surface area contributed by atoms with Crippen molar-refractivity contribution >= 4 is 18.3 Å². The zero-order valence-corrected chi connectivity index (χ0v) is 15.5. The Morgan fingerprint density at radius 3 is 2.35 bits per heavy atom. The molecule has 2 heterocycles. The SMILES string of the molecule is Cl.O=C(CCC1CCNCC1)N1CCCC2(CCCCCC2)C1. The number of nitrogens with zero attached hydrogens (tertiary/aromatic N) is 1. The van der Waals surface area contributed by atoms with Crippen molar-refractivity contribution in [3.63, 3.8) is 0 Å². The number of piperidine rings is 2. The van der Waals surface area contributed by atoms with Gasteiger partial charge in [-0.2, -0.15) is 0 Å². The first-order valence-corrected chi connectivity index (χ1v) is 9.76. The van der Waals surface area contributed by atoms with Crippen molar-refractivity contribution in [3.8, 4) is 0 Å². The van der Waals surface area contributed by atoms with Crippen LogP contribution in [0.4, 0.5) is 0 Å². The Morgan fingerprint density at radius 2 is 1.65 bits per heavy atom. The fraction of sp³-hybridized carbons (Fsp3) is 0.947. The van der Waals surface area contributed by atoms with E-state index in [4.69, 9.17) is 0 Å². The third-order valence-corrected chi connectivity index (χ3v) is 6.40. The molecule has 2 saturated heterocycles. The maximum absolute atomic E-state index is 12.7. The van der Waals surface area contributed by atoms with Crippen LogP contribution >= 0.6 is 12.4 Å². The number of likely N-dealkylation sites (tertiary alicyclic amines) is 1. The van der Waals surface area contributed by atoms with Gasteiger partial charge in [0.2, 0.25) is 5.91 Å². The first-order valence-electron chi connectivity index (χ1n) is 9.76. The summed E-state index contributed by atoms with van der Waals surface area (Å²) in [5.41, 5.74) is 0.485. The molecular weight excluding hydrogens is 308 g/mol. The second-order valence-electron chi connectivity index (χ2n) is 8.07. The number of carbonyl (C=O) groups is 1. The molecule has 23 heavy (non-hydrogen) atoms. The zero-order chi connectivity index (χ0) is 15.3. The fourth-order valence-electron chi connectivity index (χ4n) is 4.96. The maximum Gasteiger partial charge on any atom is 0.222 e. The van der Waals surface area contributed by atoms with Gasteiger partial charge in [-0.15, -0.1) is 12.4 Å². The zero-order valence-electron chi connectivity index (χ0n) is 14.7. The van der Waals surface area contributed by atoms with Gasteiger partial charge < -0.3 is 10.2 Å². The molecule has 2 aliphatic heterocycles. The third kappa shape index (κ3) is 5.35. The monoisotopic (exact) mass is 342 g/mol. The summed E-state index contributed by atoms with van der Waals surface area (Å²) in [5.74, 6) is 1.23. The summed E-state index contributed by atoms with van der Waals surface area (Å²) in [4.78, 5) is 14.9. The topological polar surface area (TPSA) is 32.3 Å². The highest BCUT2D eigenvalue weighted by molar-refractivity contribution is 5.85. The van der Waals surface area contributed by atoms with Crippen LogP contribution in [0.15, 0.2) is 0 Å². The Kier molecular flexibility index (Phi) is 7.68. The summed E-state index contributed by atoms with van der Waals surface area (Å²) >= 11 is 0. The minimum atomic E-state index is 0. The van der Waals surface area contributed by atoms with Crippen LogP contribution in [0.5, 0.6) is 0 Å². The standard InChI is InChI=1S/C19H34N2O.ClH/c22-18(7-6-17-8-13-20-14-9-17)21-15-5-12-19(16-21)10-3-1-2-4-11-19;/h17,20H,1-16H2;1H. The number of amides is 1. The summed E-state index contributed by atoms with van der Waals surface area (Å²) in [6.07, 6.45) is 15.4. The number of carbonyl (C=O) groups excluding carboxylic acids is 1. The largest absolute Gasteiger partial charge is 0.342 e. The molecule has 1 saturated carbocycles. The van der Waals surface area contributed by atoms with Gasteiger partial charge in [-0.25, -0.2) is 0 Å². The molecule has 3 rings (SSSR count). The second kappa shape index (κ2) is 9.27. The van der Waals surface area contributed by atoms with Gasteiger partial charge in [0.25, 0.3) is 0 Å². The van der Waals surface area contributed by atoms with Crippen molar-refractivity contribution in [3.05, 3.63) is 0 Å². The van der Waals surface area contributed by atoms with Crippen LogP contribution in [-0.2, 0) is 4.79 Å². The van der Waals surface area contributed by atoms with Crippen LogP contribution in [0, 0.1) is 11.3 Å². The molecule has 0 bridgehead atoms. The predicted octanol–water partition coefficient (Wildman–Crippen LogP) is 4.15. The van der Waals surface area contributed by atoms with Gasteiger partial charge in [-0.1, -0.05) is 25.7 Å². The molecule has 0 aromatic rings. The quantitative estimate of drug-likeness (QED) is 0.835. The average molecular weight is 343 g/mol. The second-order valence-corrected chi connectivity index (χ2v) is 8.07. The molecule has 3 nitrogen and oxygen atoms in total. The first-order chi connectivity index (χ1) is 10.8. The van der Waals surface area contributed by atoms with Gasteiger partial charge >= 0.3 is 0 Å². The van der Waals surface area contributed by atoms with E-state index in [-0.39, 0.29) is 12.4 Å². The van der Waals surface area contributed by atoms with Crippen molar-refractivity contribution in [2.75, 3.05) is 26.2 Å². The minimum absolute atomic E-state index is 0. The van der Waals surface area contributed by atoms with Gasteiger partial charge in [-0.05, 0) is 69.4 Å². The molecule has 1 aliphatic carbocycles. The van der Waals surface area contributed by atoms with Crippen molar-refractivity contribution in [1.29, 1.82) is 0 Å². The molecule has 1 N–H and O–H groups in total. The Hall–Kier alpha value is -0.280. The van der Waals surface area contributed by atoms with Gasteiger partial charge in [0.15, 0.2) is 0 Å². The minimum Gasteiger partial charge on any atom is -0.342 e. The lowest BCUT2D eigenvalue weighted by molar-refractivity contribution is -0.135. The lowest BCUT2D eigenvalue weighted by Crippen LogP contribution is -2.46. The van der Waals surface area contributed by atoms with E-state index in [0.29, 0.717) is 11.3 Å². The van der Waals surface area contributed by atoms with Gasteiger partial charge in [0, 0.05) is 19.5 Å². The summed E-state index contributed by atoms with van der Waals surface area (Å²) in [5, 5.41) is 3.42. The average Bonchev–Trinajstić information content (AvgIpc) is 2.79. The molecule has 0 aromatic carbocycles. The van der Waals surface area contributed by atoms with Crippen LogP contribution < -0.4 is 5.32 Å². The maximum atomic E-state index is 12.7. The summed E-state index contributed by atoms with van der Waals surface area (Å²) in [6.45, 7) is 4.38. The Balaban J connectivity index is 0.00000192. The number of halogens is 1. The van der Waals surface area contributed by atoms with E-state index >= 15 is 0 Å². The van der Waals surface area contributed by atoms with Crippen LogP contribution in [0.1, 0.15) is 77.0 Å². The fourth-order valence-corrected chi connectivity index (χ4v) is 4.96. The molecule has 1 amide bonds. The van der Waals surface area contributed by atoms with E-state index in [2.05, 4.69) is 10.2 Å². The van der Waals surface area contributed by atoms with E-state index in [9.17, 15) is 4.79 Å². The number of hydrogen-bond acceptors (Lipinski definition) is 2. The van der Waals surface area contributed by atoms with E-state index in [1.165, 1.54) is 64.2 Å². The number of nitrogens with one attached hydrogen (secondary N) is 1. The third-order valence-electron chi connectivity index (χ3n) is 6.40. The van der Waals surface area contributed by atoms with Gasteiger partial charge in [0.05, 0.1) is 0 Å². The first kappa shape index (κ1) is 19.1. The predicted molar refractivity (Wildman–Crippen MR) is 98.0 cm³/mol. The van der Waals surface area contributed by atoms with Crippen LogP contribution in [0.2, 0.25) is 0 Å². The smallest absolute Gasteiger partial charge is 0.222 e. The summed E-state index contributed by atoms with van der Waals surface area (Å²) < 4.78 is 0. The van der Waals surface area contributed by atoms with E-state index < -0.39 is 0 Å². The molecule has 134 valence electrons. The van der Waals surface area contributed by atoms with E-state index in [1.807, 2.05) is 0 Å². The summed E-state index contributed by atoms with van der Waals surface area (Å²) in [7, 11) is 0. The van der Waals surface area contributed by atoms with Crippen LogP contribution in [0.3, 0.4) is 0 Å². The number of rotatable bonds is 3. The molecule has 3 aliphatic rings. The van der Waals surface area contributed by atoms with Crippen LogP contribution in [-0.4, -0.2) is 37.0 Å². The number of hydrogen-bond donors (Lipinski definition) is 1. The lowest BCUT2D eigenvalue weighted by Gasteiger charge is -2.43. The van der Waals surface area contributed by atoms with Gasteiger partial charge in [-0.3, -0.25) is 4.79 Å². The highest BCUT2D eigenvalue weighted by atomic mass is 35.5. The summed E-state index contributed by atoms with van der Waals surface area (Å²) in [6, 6.07) is 0. The molecule has 0 atom stereocenters. The van der Waals surface area contributed by atoms with Crippen molar-refractivity contribution in [1.82, 2.24) is 10.2 Å². The van der Waals surface area contributed by atoms with Crippen LogP contribution in [0.25, 0.3) is 0 Å². The van der Waals surface area contributed by atoms with E-state index in [0.717, 1.165) is 44.9 Å². The molecule has 0 aromatic heterocycles. The van der Waals surface area contributed by atoms with Crippen molar-refractivity contribution in [2.24, 2.45) is 11.3 Å². The molecule has 4 heteroatoms. The normalized spacial score (nSPS) is 25.7. The Morgan fingerprint density at radius 1 is 1.00 bits per heavy atom. The van der Waals surface area contributed by atoms with Gasteiger partial charge in [0.1, 0.15) is 0 Å². The highest BCUT2D eigenvalue weighted by Gasteiger charge is 2.37.